The van der Waals surface area contributed by atoms with Gasteiger partial charge in [0.2, 0.25) is 0 Å². The molecule has 2 N–H and O–H groups in total. The van der Waals surface area contributed by atoms with Crippen molar-refractivity contribution < 1.29 is 14.7 Å². The third kappa shape index (κ3) is 3.40. The van der Waals surface area contributed by atoms with Gasteiger partial charge in [-0.15, -0.1) is 11.8 Å². The Morgan fingerprint density at radius 3 is 2.65 bits per heavy atom. The number of hydrogen-bond donors (Lipinski definition) is 2. The summed E-state index contributed by atoms with van der Waals surface area (Å²) in [5.74, 6) is 0.735. The van der Waals surface area contributed by atoms with Crippen molar-refractivity contribution in [3.63, 3.8) is 0 Å². The largest absolute Gasteiger partial charge is 0.480 e. The standard InChI is InChI=1S/C14H24N2O3S/c1-9-5-3-4-6-11(9)7-15-14(19)16-10(2)20-8-12(16)13(17)18/h9-12H,3-8H2,1-2H3,(H,15,19)(H,17,18). The molecule has 1 heterocycles. The van der Waals surface area contributed by atoms with Crippen LogP contribution in [0.1, 0.15) is 39.5 Å². The first-order valence-corrected chi connectivity index (χ1v) is 8.46. The Bertz CT molecular complexity index is 377. The van der Waals surface area contributed by atoms with Crippen LogP contribution in [0.15, 0.2) is 0 Å². The fourth-order valence-corrected chi connectivity index (χ4v) is 4.31. The molecule has 2 amide bonds. The Balaban J connectivity index is 1.88. The van der Waals surface area contributed by atoms with Gasteiger partial charge < -0.3 is 10.4 Å². The molecule has 0 aromatic rings. The predicted molar refractivity (Wildman–Crippen MR) is 79.7 cm³/mol. The van der Waals surface area contributed by atoms with Gasteiger partial charge >= 0.3 is 12.0 Å². The first kappa shape index (κ1) is 15.5. The lowest BCUT2D eigenvalue weighted by Gasteiger charge is -2.31. The molecular weight excluding hydrogens is 276 g/mol. The van der Waals surface area contributed by atoms with E-state index in [-0.39, 0.29) is 11.4 Å². The molecule has 4 atom stereocenters. The third-order valence-corrected chi connectivity index (χ3v) is 5.76. The van der Waals surface area contributed by atoms with Crippen molar-refractivity contribution in [1.29, 1.82) is 0 Å². The average molecular weight is 300 g/mol. The number of carboxylic acid groups (broad SMARTS) is 1. The Kier molecular flexibility index (Phi) is 5.18. The monoisotopic (exact) mass is 300 g/mol. The summed E-state index contributed by atoms with van der Waals surface area (Å²) in [6.45, 7) is 4.79. The molecular formula is C14H24N2O3S. The highest BCUT2D eigenvalue weighted by atomic mass is 32.2. The van der Waals surface area contributed by atoms with Crippen LogP contribution in [-0.4, -0.2) is 45.7 Å². The number of rotatable bonds is 3. The summed E-state index contributed by atoms with van der Waals surface area (Å²) >= 11 is 1.52. The normalized spacial score (nSPS) is 34.0. The Labute approximate surface area is 124 Å². The van der Waals surface area contributed by atoms with Crippen molar-refractivity contribution >= 4 is 23.8 Å². The van der Waals surface area contributed by atoms with Gasteiger partial charge in [-0.25, -0.2) is 9.59 Å². The van der Waals surface area contributed by atoms with Crippen LogP contribution in [0, 0.1) is 11.8 Å². The van der Waals surface area contributed by atoms with Gasteiger partial charge in [-0.2, -0.15) is 0 Å². The number of aliphatic carboxylic acids is 1. The fourth-order valence-electron chi connectivity index (χ4n) is 3.15. The van der Waals surface area contributed by atoms with Crippen molar-refractivity contribution in [2.75, 3.05) is 12.3 Å². The summed E-state index contributed by atoms with van der Waals surface area (Å²) in [4.78, 5) is 24.9. The summed E-state index contributed by atoms with van der Waals surface area (Å²) in [5, 5.41) is 12.1. The van der Waals surface area contributed by atoms with Crippen LogP contribution in [0.4, 0.5) is 4.79 Å². The summed E-state index contributed by atoms with van der Waals surface area (Å²) in [6, 6.07) is -0.925. The number of thioether (sulfide) groups is 1. The van der Waals surface area contributed by atoms with Crippen molar-refractivity contribution in [2.24, 2.45) is 11.8 Å². The molecule has 1 aliphatic carbocycles. The number of carboxylic acids is 1. The summed E-state index contributed by atoms with van der Waals surface area (Å²) in [7, 11) is 0. The highest BCUT2D eigenvalue weighted by Crippen LogP contribution is 2.30. The molecule has 0 aromatic carbocycles. The Morgan fingerprint density at radius 2 is 2.00 bits per heavy atom. The van der Waals surface area contributed by atoms with Gasteiger partial charge in [-0.1, -0.05) is 26.2 Å². The molecule has 0 spiro atoms. The highest BCUT2D eigenvalue weighted by molar-refractivity contribution is 8.00. The first-order valence-electron chi connectivity index (χ1n) is 7.41. The van der Waals surface area contributed by atoms with Crippen molar-refractivity contribution in [2.45, 2.75) is 50.9 Å². The van der Waals surface area contributed by atoms with Crippen LogP contribution in [-0.2, 0) is 4.79 Å². The molecule has 2 aliphatic rings. The minimum absolute atomic E-state index is 0.0696. The summed E-state index contributed by atoms with van der Waals surface area (Å²) in [5.41, 5.74) is 0. The lowest BCUT2D eigenvalue weighted by molar-refractivity contribution is -0.141. The van der Waals surface area contributed by atoms with Gasteiger partial charge in [0.15, 0.2) is 0 Å². The molecule has 6 heteroatoms. The minimum atomic E-state index is -0.914. The molecule has 4 unspecified atom stereocenters. The van der Waals surface area contributed by atoms with E-state index in [9.17, 15) is 14.7 Å². The molecule has 20 heavy (non-hydrogen) atoms. The molecule has 0 bridgehead atoms. The lowest BCUT2D eigenvalue weighted by atomic mass is 9.80. The van der Waals surface area contributed by atoms with E-state index in [4.69, 9.17) is 0 Å². The smallest absolute Gasteiger partial charge is 0.327 e. The molecule has 1 saturated heterocycles. The van der Waals surface area contributed by atoms with Gasteiger partial charge in [0.25, 0.3) is 0 Å². The number of carbonyl (C=O) groups is 2. The van der Waals surface area contributed by atoms with Gasteiger partial charge in [0.1, 0.15) is 6.04 Å². The number of nitrogens with zero attached hydrogens (tertiary/aromatic N) is 1. The number of carbonyl (C=O) groups excluding carboxylic acids is 1. The van der Waals surface area contributed by atoms with Crippen LogP contribution >= 0.6 is 11.8 Å². The predicted octanol–water partition coefficient (Wildman–Crippen LogP) is 2.37. The van der Waals surface area contributed by atoms with E-state index in [1.165, 1.54) is 35.9 Å². The van der Waals surface area contributed by atoms with E-state index < -0.39 is 12.0 Å². The zero-order chi connectivity index (χ0) is 14.7. The first-order chi connectivity index (χ1) is 9.50. The molecule has 1 aliphatic heterocycles. The van der Waals surface area contributed by atoms with Gasteiger partial charge in [0, 0.05) is 12.3 Å². The van der Waals surface area contributed by atoms with Crippen molar-refractivity contribution in [1.82, 2.24) is 10.2 Å². The summed E-state index contributed by atoms with van der Waals surface area (Å²) < 4.78 is 0. The van der Waals surface area contributed by atoms with E-state index in [0.717, 1.165) is 6.42 Å². The average Bonchev–Trinajstić information content (AvgIpc) is 2.79. The zero-order valence-electron chi connectivity index (χ0n) is 12.2. The van der Waals surface area contributed by atoms with E-state index in [1.54, 1.807) is 0 Å². The minimum Gasteiger partial charge on any atom is -0.480 e. The summed E-state index contributed by atoms with van der Waals surface area (Å²) in [6.07, 6.45) is 4.91. The molecule has 0 radical (unpaired) electrons. The molecule has 2 rings (SSSR count). The van der Waals surface area contributed by atoms with Gasteiger partial charge in [-0.05, 0) is 25.2 Å². The lowest BCUT2D eigenvalue weighted by Crippen LogP contribution is -2.50. The maximum atomic E-state index is 12.3. The molecule has 2 fully saturated rings. The van der Waals surface area contributed by atoms with E-state index >= 15 is 0 Å². The third-order valence-electron chi connectivity index (χ3n) is 4.55. The number of urea groups is 1. The number of nitrogens with one attached hydrogen (secondary N) is 1. The van der Waals surface area contributed by atoms with Gasteiger partial charge in [0.05, 0.1) is 5.37 Å². The van der Waals surface area contributed by atoms with Gasteiger partial charge in [-0.3, -0.25) is 4.90 Å². The zero-order valence-corrected chi connectivity index (χ0v) is 13.0. The van der Waals surface area contributed by atoms with Crippen molar-refractivity contribution in [3.8, 4) is 0 Å². The molecule has 5 nitrogen and oxygen atoms in total. The molecule has 0 aromatic heterocycles. The van der Waals surface area contributed by atoms with Crippen LogP contribution < -0.4 is 5.32 Å². The number of hydrogen-bond acceptors (Lipinski definition) is 3. The Hall–Kier alpha value is -0.910. The second-order valence-electron chi connectivity index (χ2n) is 5.90. The van der Waals surface area contributed by atoms with Crippen LogP contribution in [0.2, 0.25) is 0 Å². The van der Waals surface area contributed by atoms with E-state index in [0.29, 0.717) is 24.1 Å². The van der Waals surface area contributed by atoms with Crippen LogP contribution in [0.5, 0.6) is 0 Å². The maximum Gasteiger partial charge on any atom is 0.327 e. The second-order valence-corrected chi connectivity index (χ2v) is 7.25. The van der Waals surface area contributed by atoms with E-state index in [1.807, 2.05) is 6.92 Å². The van der Waals surface area contributed by atoms with E-state index in [2.05, 4.69) is 12.2 Å². The number of amides is 2. The fraction of sp³-hybridized carbons (Fsp3) is 0.857. The van der Waals surface area contributed by atoms with Crippen LogP contribution in [0.25, 0.3) is 0 Å². The molecule has 114 valence electrons. The second kappa shape index (κ2) is 6.70. The topological polar surface area (TPSA) is 69.6 Å². The molecule has 1 saturated carbocycles. The maximum absolute atomic E-state index is 12.3. The van der Waals surface area contributed by atoms with Crippen LogP contribution in [0.3, 0.4) is 0 Å². The Morgan fingerprint density at radius 1 is 1.30 bits per heavy atom. The van der Waals surface area contributed by atoms with Crippen molar-refractivity contribution in [3.05, 3.63) is 0 Å². The quantitative estimate of drug-likeness (QED) is 0.839. The highest BCUT2D eigenvalue weighted by Gasteiger charge is 2.39. The SMILES string of the molecule is CC1CCCCC1CNC(=O)N1C(C)SCC1C(=O)O.